The lowest BCUT2D eigenvalue weighted by molar-refractivity contribution is 0.519. The van der Waals surface area contributed by atoms with Crippen LogP contribution in [0.1, 0.15) is 117 Å². The number of aryl methyl sites for hydroxylation is 2. The van der Waals surface area contributed by atoms with E-state index >= 15 is 0 Å². The number of H-pyrrole nitrogens is 1. The van der Waals surface area contributed by atoms with E-state index in [9.17, 15) is 9.59 Å². The van der Waals surface area contributed by atoms with Gasteiger partial charge in [0, 0.05) is 18.8 Å². The van der Waals surface area contributed by atoms with Crippen molar-refractivity contribution < 1.29 is 0 Å². The Balaban J connectivity index is 1.75. The summed E-state index contributed by atoms with van der Waals surface area (Å²) in [6.07, 6.45) is 19.6. The molecule has 0 saturated carbocycles. The monoisotopic (exact) mass is 478 g/mol. The molecular formula is C26H46N4O2S. The van der Waals surface area contributed by atoms with E-state index < -0.39 is 5.69 Å². The maximum absolute atomic E-state index is 12.6. The molecule has 0 spiro atoms. The number of aromatic nitrogens is 4. The zero-order valence-corrected chi connectivity index (χ0v) is 22.3. The average Bonchev–Trinajstić information content (AvgIpc) is 3.16. The molecule has 2 rings (SSSR count). The van der Waals surface area contributed by atoms with Gasteiger partial charge >= 0.3 is 5.69 Å². The quantitative estimate of drug-likeness (QED) is 0.189. The van der Waals surface area contributed by atoms with Gasteiger partial charge in [-0.15, -0.1) is 0 Å². The Morgan fingerprint density at radius 1 is 0.848 bits per heavy atom. The van der Waals surface area contributed by atoms with Crippen molar-refractivity contribution in [3.05, 3.63) is 20.8 Å². The normalized spacial score (nSPS) is 12.6. The Bertz CT molecular complexity index is 931. The first-order valence-electron chi connectivity index (χ1n) is 13.4. The average molecular weight is 479 g/mol. The van der Waals surface area contributed by atoms with E-state index in [1.54, 1.807) is 18.8 Å². The van der Waals surface area contributed by atoms with Gasteiger partial charge in [-0.1, -0.05) is 116 Å². The predicted octanol–water partition coefficient (Wildman–Crippen LogP) is 6.80. The fraction of sp³-hybridized carbons (Fsp3) is 0.808. The van der Waals surface area contributed by atoms with Crippen LogP contribution in [0.25, 0.3) is 11.2 Å². The van der Waals surface area contributed by atoms with Crippen molar-refractivity contribution >= 4 is 22.9 Å². The molecular weight excluding hydrogens is 432 g/mol. The van der Waals surface area contributed by atoms with Crippen molar-refractivity contribution in [2.45, 2.75) is 134 Å². The van der Waals surface area contributed by atoms with Crippen molar-refractivity contribution in [2.24, 2.45) is 7.05 Å². The second-order valence-corrected chi connectivity index (χ2v) is 10.9. The number of unbranched alkanes of at least 4 members (excludes halogenated alkanes) is 13. The highest BCUT2D eigenvalue weighted by molar-refractivity contribution is 7.99. The molecule has 0 aliphatic carbocycles. The van der Waals surface area contributed by atoms with Crippen molar-refractivity contribution in [3.63, 3.8) is 0 Å². The highest BCUT2D eigenvalue weighted by Crippen LogP contribution is 2.27. The number of thioether (sulfide) groups is 1. The number of nitrogens with one attached hydrogen (secondary N) is 1. The number of hydrogen-bond donors (Lipinski definition) is 1. The Labute approximate surface area is 204 Å². The molecule has 6 nitrogen and oxygen atoms in total. The summed E-state index contributed by atoms with van der Waals surface area (Å²) >= 11 is 1.69. The van der Waals surface area contributed by atoms with Crippen molar-refractivity contribution in [2.75, 3.05) is 0 Å². The first kappa shape index (κ1) is 27.7. The van der Waals surface area contributed by atoms with Gasteiger partial charge in [-0.25, -0.2) is 9.78 Å². The van der Waals surface area contributed by atoms with E-state index in [1.165, 1.54) is 81.6 Å². The molecule has 2 heterocycles. The highest BCUT2D eigenvalue weighted by atomic mass is 32.2. The molecule has 2 aromatic heterocycles. The van der Waals surface area contributed by atoms with Gasteiger partial charge in [0.05, 0.1) is 0 Å². The summed E-state index contributed by atoms with van der Waals surface area (Å²) in [6.45, 7) is 7.37. The van der Waals surface area contributed by atoms with Gasteiger partial charge in [0.25, 0.3) is 5.56 Å². The summed E-state index contributed by atoms with van der Waals surface area (Å²) < 4.78 is 3.48. The maximum atomic E-state index is 12.6. The Morgan fingerprint density at radius 2 is 1.36 bits per heavy atom. The van der Waals surface area contributed by atoms with Gasteiger partial charge in [-0.05, 0) is 12.8 Å². The topological polar surface area (TPSA) is 72.7 Å². The largest absolute Gasteiger partial charge is 0.329 e. The lowest BCUT2D eigenvalue weighted by atomic mass is 10.0. The number of nitrogens with zero attached hydrogens (tertiary/aromatic N) is 3. The van der Waals surface area contributed by atoms with Crippen LogP contribution in [-0.2, 0) is 13.6 Å². The van der Waals surface area contributed by atoms with Crippen LogP contribution in [0, 0.1) is 0 Å². The number of fused-ring (bicyclic) bond motifs is 1. The summed E-state index contributed by atoms with van der Waals surface area (Å²) in [5.41, 5.74) is 0.271. The van der Waals surface area contributed by atoms with Crippen LogP contribution < -0.4 is 11.2 Å². The molecule has 188 valence electrons. The molecule has 0 amide bonds. The molecule has 1 N–H and O–H groups in total. The van der Waals surface area contributed by atoms with Gasteiger partial charge in [-0.2, -0.15) is 0 Å². The molecule has 0 saturated heterocycles. The molecule has 0 aromatic carbocycles. The predicted molar refractivity (Wildman–Crippen MR) is 142 cm³/mol. The highest BCUT2D eigenvalue weighted by Gasteiger charge is 2.18. The van der Waals surface area contributed by atoms with E-state index in [4.69, 9.17) is 0 Å². The molecule has 0 aliphatic rings. The fourth-order valence-electron chi connectivity index (χ4n) is 4.24. The molecule has 0 fully saturated rings. The van der Waals surface area contributed by atoms with E-state index in [0.29, 0.717) is 16.4 Å². The van der Waals surface area contributed by atoms with Crippen LogP contribution in [0.4, 0.5) is 0 Å². The van der Waals surface area contributed by atoms with Crippen LogP contribution in [0.2, 0.25) is 0 Å². The third-order valence-electron chi connectivity index (χ3n) is 6.59. The molecule has 1 atom stereocenters. The zero-order valence-electron chi connectivity index (χ0n) is 21.5. The minimum Gasteiger partial charge on any atom is -0.313 e. The first-order valence-corrected chi connectivity index (χ1v) is 14.2. The van der Waals surface area contributed by atoms with E-state index in [1.807, 2.05) is 4.57 Å². The second-order valence-electron chi connectivity index (χ2n) is 9.47. The van der Waals surface area contributed by atoms with Gasteiger partial charge in [0.2, 0.25) is 0 Å². The van der Waals surface area contributed by atoms with Crippen molar-refractivity contribution in [1.82, 2.24) is 19.1 Å². The maximum Gasteiger partial charge on any atom is 0.329 e. The van der Waals surface area contributed by atoms with Gasteiger partial charge < -0.3 is 4.57 Å². The van der Waals surface area contributed by atoms with Crippen LogP contribution in [-0.4, -0.2) is 24.4 Å². The van der Waals surface area contributed by atoms with E-state index in [0.717, 1.165) is 31.0 Å². The molecule has 33 heavy (non-hydrogen) atoms. The summed E-state index contributed by atoms with van der Waals surface area (Å²) in [6, 6.07) is 0. The number of imidazole rings is 1. The SMILES string of the molecule is CCCCCCCCCCCCCCCCn1c(S[C@H](C)CC)nc2c1c(=O)[nH]c(=O)n2C. The summed E-state index contributed by atoms with van der Waals surface area (Å²) in [5, 5.41) is 1.26. The minimum atomic E-state index is -0.409. The number of aromatic amines is 1. The lowest BCUT2D eigenvalue weighted by Crippen LogP contribution is -2.29. The van der Waals surface area contributed by atoms with Crippen molar-refractivity contribution in [3.8, 4) is 0 Å². The molecule has 7 heteroatoms. The van der Waals surface area contributed by atoms with Crippen LogP contribution in [0.15, 0.2) is 14.7 Å². The zero-order chi connectivity index (χ0) is 24.1. The van der Waals surface area contributed by atoms with Crippen LogP contribution >= 0.6 is 11.8 Å². The van der Waals surface area contributed by atoms with Crippen molar-refractivity contribution in [1.29, 1.82) is 0 Å². The van der Waals surface area contributed by atoms with E-state index in [-0.39, 0.29) is 5.56 Å². The number of rotatable bonds is 18. The molecule has 0 bridgehead atoms. The smallest absolute Gasteiger partial charge is 0.313 e. The Morgan fingerprint density at radius 3 is 1.88 bits per heavy atom. The summed E-state index contributed by atoms with van der Waals surface area (Å²) in [7, 11) is 1.67. The molecule has 0 radical (unpaired) electrons. The summed E-state index contributed by atoms with van der Waals surface area (Å²) in [5.74, 6) is 0. The minimum absolute atomic E-state index is 0.332. The Hall–Kier alpha value is -1.50. The second kappa shape index (κ2) is 15.4. The lowest BCUT2D eigenvalue weighted by Gasteiger charge is -2.11. The summed E-state index contributed by atoms with van der Waals surface area (Å²) in [4.78, 5) is 31.7. The first-order chi connectivity index (χ1) is 16.0. The van der Waals surface area contributed by atoms with Crippen LogP contribution in [0.5, 0.6) is 0 Å². The fourth-order valence-corrected chi connectivity index (χ4v) is 5.22. The molecule has 0 aliphatic heterocycles. The Kier molecular flexibility index (Phi) is 13.0. The molecule has 0 unspecified atom stereocenters. The van der Waals surface area contributed by atoms with E-state index in [2.05, 4.69) is 30.7 Å². The van der Waals surface area contributed by atoms with Gasteiger partial charge in [0.1, 0.15) is 0 Å². The van der Waals surface area contributed by atoms with Gasteiger partial charge in [-0.3, -0.25) is 14.3 Å². The standard InChI is InChI=1S/C26H46N4O2S/c1-5-7-8-9-10-11-12-13-14-15-16-17-18-19-20-30-22-23(27-26(30)33-21(3)6-2)29(4)25(32)28-24(22)31/h21H,5-20H2,1-4H3,(H,28,31,32)/t21-/m1/s1. The van der Waals surface area contributed by atoms with Gasteiger partial charge in [0.15, 0.2) is 16.3 Å². The third-order valence-corrected chi connectivity index (χ3v) is 7.85. The third kappa shape index (κ3) is 8.99. The number of hydrogen-bond acceptors (Lipinski definition) is 4. The molecule has 2 aromatic rings. The van der Waals surface area contributed by atoms with Crippen LogP contribution in [0.3, 0.4) is 0 Å².